The number of hydrogen-bond acceptors (Lipinski definition) is 4. The number of aryl methyl sites for hydroxylation is 1. The van der Waals surface area contributed by atoms with Gasteiger partial charge in [0, 0.05) is 12.7 Å². The number of nitrogens with one attached hydrogen (secondary N) is 1. The molecule has 6 heteroatoms. The molecule has 1 N–H and O–H groups in total. The van der Waals surface area contributed by atoms with Crippen molar-refractivity contribution < 1.29 is 4.74 Å². The van der Waals surface area contributed by atoms with Crippen molar-refractivity contribution in [2.45, 2.75) is 26.9 Å². The van der Waals surface area contributed by atoms with Crippen molar-refractivity contribution in [1.82, 2.24) is 20.3 Å². The van der Waals surface area contributed by atoms with Gasteiger partial charge in [-0.2, -0.15) is 0 Å². The van der Waals surface area contributed by atoms with Crippen molar-refractivity contribution in [3.05, 3.63) is 40.7 Å². The summed E-state index contributed by atoms with van der Waals surface area (Å²) in [7, 11) is 0. The molecule has 108 valence electrons. The Morgan fingerprint density at radius 2 is 2.25 bits per heavy atom. The molecule has 0 saturated heterocycles. The molecule has 20 heavy (non-hydrogen) atoms. The fraction of sp³-hybridized carbons (Fsp3) is 0.429. The summed E-state index contributed by atoms with van der Waals surface area (Å²) in [5.74, 6) is 0.708. The van der Waals surface area contributed by atoms with Gasteiger partial charge < -0.3 is 10.1 Å². The predicted molar refractivity (Wildman–Crippen MR) is 79.1 cm³/mol. The Labute approximate surface area is 123 Å². The molecule has 1 aromatic carbocycles. The highest BCUT2D eigenvalue weighted by Gasteiger charge is 2.03. The van der Waals surface area contributed by atoms with Crippen LogP contribution in [0.3, 0.4) is 0 Å². The van der Waals surface area contributed by atoms with E-state index < -0.39 is 0 Å². The maximum Gasteiger partial charge on any atom is 0.138 e. The normalized spacial score (nSPS) is 10.8. The fourth-order valence-electron chi connectivity index (χ4n) is 1.75. The van der Waals surface area contributed by atoms with E-state index >= 15 is 0 Å². The molecule has 0 aliphatic carbocycles. The van der Waals surface area contributed by atoms with Gasteiger partial charge >= 0.3 is 0 Å². The molecular formula is C14H19ClN4O. The summed E-state index contributed by atoms with van der Waals surface area (Å²) in [4.78, 5) is 0. The van der Waals surface area contributed by atoms with Gasteiger partial charge in [0.05, 0.1) is 17.3 Å². The summed E-state index contributed by atoms with van der Waals surface area (Å²) < 4.78 is 7.45. The molecule has 0 fully saturated rings. The molecule has 0 amide bonds. The van der Waals surface area contributed by atoms with Crippen molar-refractivity contribution in [2.75, 3.05) is 13.2 Å². The van der Waals surface area contributed by atoms with E-state index in [1.54, 1.807) is 4.68 Å². The molecule has 0 aliphatic heterocycles. The third kappa shape index (κ3) is 4.21. The number of rotatable bonds is 7. The minimum absolute atomic E-state index is 0.507. The molecule has 0 aliphatic rings. The molecule has 2 aromatic rings. The SMILES string of the molecule is CCNCc1cn(CCOc2cc(C)ccc2Cl)nn1. The first kappa shape index (κ1) is 14.8. The average Bonchev–Trinajstić information content (AvgIpc) is 2.88. The number of benzene rings is 1. The number of nitrogens with zero attached hydrogens (tertiary/aromatic N) is 3. The lowest BCUT2D eigenvalue weighted by molar-refractivity contribution is 0.289. The molecule has 0 atom stereocenters. The average molecular weight is 295 g/mol. The standard InChI is InChI=1S/C14H19ClN4O/c1-3-16-9-12-10-19(18-17-12)6-7-20-14-8-11(2)4-5-13(14)15/h4-5,8,10,16H,3,6-7,9H2,1-2H3. The Morgan fingerprint density at radius 3 is 3.05 bits per heavy atom. The van der Waals surface area contributed by atoms with Gasteiger partial charge in [0.2, 0.25) is 0 Å². The van der Waals surface area contributed by atoms with E-state index in [2.05, 4.69) is 22.6 Å². The van der Waals surface area contributed by atoms with E-state index in [4.69, 9.17) is 16.3 Å². The summed E-state index contributed by atoms with van der Waals surface area (Å²) in [5, 5.41) is 12.0. The second kappa shape index (κ2) is 7.26. The largest absolute Gasteiger partial charge is 0.490 e. The zero-order valence-electron chi connectivity index (χ0n) is 11.8. The van der Waals surface area contributed by atoms with Crippen LogP contribution in [0.5, 0.6) is 5.75 Å². The van der Waals surface area contributed by atoms with Gasteiger partial charge in [0.15, 0.2) is 0 Å². The van der Waals surface area contributed by atoms with E-state index in [1.165, 1.54) is 0 Å². The van der Waals surface area contributed by atoms with Gasteiger partial charge in [-0.05, 0) is 31.2 Å². The van der Waals surface area contributed by atoms with E-state index in [0.29, 0.717) is 23.9 Å². The maximum absolute atomic E-state index is 6.07. The first-order valence-electron chi connectivity index (χ1n) is 6.67. The van der Waals surface area contributed by atoms with Gasteiger partial charge in [-0.25, -0.2) is 4.68 Å². The van der Waals surface area contributed by atoms with E-state index in [1.807, 2.05) is 31.3 Å². The molecule has 1 aromatic heterocycles. The van der Waals surface area contributed by atoms with Crippen LogP contribution in [0.15, 0.2) is 24.4 Å². The van der Waals surface area contributed by atoms with Gasteiger partial charge in [-0.3, -0.25) is 0 Å². The van der Waals surface area contributed by atoms with Crippen molar-refractivity contribution in [3.63, 3.8) is 0 Å². The van der Waals surface area contributed by atoms with Crippen LogP contribution in [-0.2, 0) is 13.1 Å². The highest BCUT2D eigenvalue weighted by molar-refractivity contribution is 6.32. The molecule has 0 unspecified atom stereocenters. The molecular weight excluding hydrogens is 276 g/mol. The lowest BCUT2D eigenvalue weighted by atomic mass is 10.2. The van der Waals surface area contributed by atoms with Crippen LogP contribution in [0.1, 0.15) is 18.2 Å². The van der Waals surface area contributed by atoms with Crippen LogP contribution in [0.25, 0.3) is 0 Å². The first-order chi connectivity index (χ1) is 9.69. The molecule has 0 spiro atoms. The van der Waals surface area contributed by atoms with Crippen molar-refractivity contribution >= 4 is 11.6 Å². The summed E-state index contributed by atoms with van der Waals surface area (Å²) in [6.45, 7) is 6.87. The third-order valence-electron chi connectivity index (χ3n) is 2.81. The van der Waals surface area contributed by atoms with Crippen LogP contribution in [0.2, 0.25) is 5.02 Å². The third-order valence-corrected chi connectivity index (χ3v) is 3.12. The van der Waals surface area contributed by atoms with Crippen LogP contribution in [0.4, 0.5) is 0 Å². The van der Waals surface area contributed by atoms with Gasteiger partial charge in [-0.15, -0.1) is 5.10 Å². The Balaban J connectivity index is 1.83. The van der Waals surface area contributed by atoms with Gasteiger partial charge in [-0.1, -0.05) is 29.8 Å². The van der Waals surface area contributed by atoms with Gasteiger partial charge in [0.25, 0.3) is 0 Å². The molecule has 2 rings (SSSR count). The van der Waals surface area contributed by atoms with Crippen molar-refractivity contribution in [2.24, 2.45) is 0 Å². The van der Waals surface area contributed by atoms with Crippen LogP contribution in [0, 0.1) is 6.92 Å². The summed E-state index contributed by atoms with van der Waals surface area (Å²) in [6, 6.07) is 5.73. The molecule has 0 saturated carbocycles. The lowest BCUT2D eigenvalue weighted by Gasteiger charge is -2.08. The predicted octanol–water partition coefficient (Wildman–Crippen LogP) is 2.43. The Morgan fingerprint density at radius 1 is 1.40 bits per heavy atom. The molecule has 1 heterocycles. The second-order valence-electron chi connectivity index (χ2n) is 4.54. The lowest BCUT2D eigenvalue weighted by Crippen LogP contribution is -2.12. The highest BCUT2D eigenvalue weighted by Crippen LogP contribution is 2.25. The van der Waals surface area contributed by atoms with Crippen LogP contribution < -0.4 is 10.1 Å². The summed E-state index contributed by atoms with van der Waals surface area (Å²) in [6.07, 6.45) is 1.92. The highest BCUT2D eigenvalue weighted by atomic mass is 35.5. The van der Waals surface area contributed by atoms with Crippen LogP contribution >= 0.6 is 11.6 Å². The zero-order chi connectivity index (χ0) is 14.4. The number of ether oxygens (including phenoxy) is 1. The Kier molecular flexibility index (Phi) is 5.38. The topological polar surface area (TPSA) is 52.0 Å². The number of halogens is 1. The summed E-state index contributed by atoms with van der Waals surface area (Å²) in [5.41, 5.74) is 2.05. The number of aromatic nitrogens is 3. The Hall–Kier alpha value is -1.59. The summed E-state index contributed by atoms with van der Waals surface area (Å²) >= 11 is 6.07. The minimum atomic E-state index is 0.507. The van der Waals surface area contributed by atoms with E-state index in [-0.39, 0.29) is 0 Å². The maximum atomic E-state index is 6.07. The monoisotopic (exact) mass is 294 g/mol. The second-order valence-corrected chi connectivity index (χ2v) is 4.94. The fourth-order valence-corrected chi connectivity index (χ4v) is 1.92. The van der Waals surface area contributed by atoms with E-state index in [9.17, 15) is 0 Å². The van der Waals surface area contributed by atoms with Crippen molar-refractivity contribution in [3.8, 4) is 5.75 Å². The number of hydrogen-bond donors (Lipinski definition) is 1. The Bertz CT molecular complexity index is 556. The quantitative estimate of drug-likeness (QED) is 0.852. The van der Waals surface area contributed by atoms with Crippen LogP contribution in [-0.4, -0.2) is 28.1 Å². The van der Waals surface area contributed by atoms with E-state index in [0.717, 1.165) is 24.3 Å². The molecule has 5 nitrogen and oxygen atoms in total. The zero-order valence-corrected chi connectivity index (χ0v) is 12.5. The molecule has 0 bridgehead atoms. The van der Waals surface area contributed by atoms with Crippen molar-refractivity contribution in [1.29, 1.82) is 0 Å². The smallest absolute Gasteiger partial charge is 0.138 e. The first-order valence-corrected chi connectivity index (χ1v) is 7.05. The minimum Gasteiger partial charge on any atom is -0.490 e. The van der Waals surface area contributed by atoms with Gasteiger partial charge in [0.1, 0.15) is 12.4 Å². The molecule has 0 radical (unpaired) electrons.